The number of nitrogens with two attached hydrogens (primary N) is 1. The van der Waals surface area contributed by atoms with Crippen LogP contribution < -0.4 is 5.73 Å². The SMILES string of the molecule is COP(=O)(O)OCCCC(N)=O. The molecule has 0 bridgehead atoms. The van der Waals surface area contributed by atoms with Crippen LogP contribution >= 0.6 is 7.82 Å². The second kappa shape index (κ2) is 5.27. The molecule has 0 rings (SSSR count). The summed E-state index contributed by atoms with van der Waals surface area (Å²) in [6.07, 6.45) is 0.437. The molecule has 3 N–H and O–H groups in total. The maximum absolute atomic E-state index is 10.6. The Morgan fingerprint density at radius 1 is 1.67 bits per heavy atom. The smallest absolute Gasteiger partial charge is 0.370 e. The maximum atomic E-state index is 10.6. The van der Waals surface area contributed by atoms with E-state index in [2.05, 4.69) is 9.05 Å². The molecule has 6 nitrogen and oxygen atoms in total. The fraction of sp³-hybridized carbons (Fsp3) is 0.800. The minimum absolute atomic E-state index is 0.0233. The van der Waals surface area contributed by atoms with E-state index in [1.165, 1.54) is 0 Å². The Morgan fingerprint density at radius 2 is 2.25 bits per heavy atom. The minimum Gasteiger partial charge on any atom is -0.370 e. The van der Waals surface area contributed by atoms with Crippen LogP contribution in [0.5, 0.6) is 0 Å². The highest BCUT2D eigenvalue weighted by molar-refractivity contribution is 7.47. The van der Waals surface area contributed by atoms with Gasteiger partial charge in [-0.1, -0.05) is 0 Å². The van der Waals surface area contributed by atoms with Gasteiger partial charge in [0.05, 0.1) is 6.61 Å². The van der Waals surface area contributed by atoms with Crippen molar-refractivity contribution in [2.75, 3.05) is 13.7 Å². The molecule has 72 valence electrons. The summed E-state index contributed by atoms with van der Waals surface area (Å²) in [6.45, 7) is -0.0233. The first-order valence-corrected chi connectivity index (χ1v) is 4.79. The summed E-state index contributed by atoms with van der Waals surface area (Å²) in [4.78, 5) is 18.9. The predicted octanol–water partition coefficient (Wildman–Crippen LogP) is 0.0153. The van der Waals surface area contributed by atoms with Gasteiger partial charge in [-0.25, -0.2) is 4.57 Å². The molecule has 1 amide bonds. The molecule has 0 heterocycles. The van der Waals surface area contributed by atoms with Gasteiger partial charge < -0.3 is 10.6 Å². The predicted molar refractivity (Wildman–Crippen MR) is 41.2 cm³/mol. The van der Waals surface area contributed by atoms with E-state index in [0.717, 1.165) is 7.11 Å². The second-order valence-corrected chi connectivity index (χ2v) is 3.61. The minimum atomic E-state index is -3.89. The topological polar surface area (TPSA) is 98.8 Å². The quantitative estimate of drug-likeness (QED) is 0.461. The number of hydrogen-bond acceptors (Lipinski definition) is 4. The maximum Gasteiger partial charge on any atom is 0.471 e. The first-order chi connectivity index (χ1) is 5.48. The Hall–Kier alpha value is -0.420. The molecule has 0 spiro atoms. The Kier molecular flexibility index (Phi) is 5.08. The van der Waals surface area contributed by atoms with E-state index in [9.17, 15) is 9.36 Å². The molecule has 0 aromatic heterocycles. The molecule has 0 aromatic rings. The van der Waals surface area contributed by atoms with E-state index in [1.54, 1.807) is 0 Å². The van der Waals surface area contributed by atoms with Crippen LogP contribution in [-0.2, 0) is 18.4 Å². The van der Waals surface area contributed by atoms with Gasteiger partial charge in [-0.3, -0.25) is 13.8 Å². The Labute approximate surface area is 70.3 Å². The van der Waals surface area contributed by atoms with Crippen LogP contribution in [0.3, 0.4) is 0 Å². The normalized spacial score (nSPS) is 15.5. The molecule has 0 radical (unpaired) electrons. The molecule has 7 heteroatoms. The van der Waals surface area contributed by atoms with Gasteiger partial charge in [0, 0.05) is 13.5 Å². The number of phosphoric ester groups is 1. The Balaban J connectivity index is 3.44. The van der Waals surface area contributed by atoms with E-state index < -0.39 is 13.7 Å². The van der Waals surface area contributed by atoms with Crippen LogP contribution in [0, 0.1) is 0 Å². The lowest BCUT2D eigenvalue weighted by Crippen LogP contribution is -2.10. The van der Waals surface area contributed by atoms with Crippen molar-refractivity contribution in [2.24, 2.45) is 5.73 Å². The van der Waals surface area contributed by atoms with Crippen molar-refractivity contribution in [1.29, 1.82) is 0 Å². The van der Waals surface area contributed by atoms with Gasteiger partial charge in [0.15, 0.2) is 0 Å². The number of amides is 1. The number of phosphoric acid groups is 1. The van der Waals surface area contributed by atoms with Crippen molar-refractivity contribution in [3.05, 3.63) is 0 Å². The lowest BCUT2D eigenvalue weighted by molar-refractivity contribution is -0.118. The molecule has 0 aliphatic rings. The summed E-state index contributed by atoms with van der Waals surface area (Å²) >= 11 is 0. The van der Waals surface area contributed by atoms with Crippen LogP contribution in [0.1, 0.15) is 12.8 Å². The highest BCUT2D eigenvalue weighted by Gasteiger charge is 2.17. The Bertz CT molecular complexity index is 194. The lowest BCUT2D eigenvalue weighted by atomic mass is 10.3. The zero-order valence-corrected chi connectivity index (χ0v) is 7.62. The average molecular weight is 197 g/mol. The van der Waals surface area contributed by atoms with Crippen molar-refractivity contribution < 1.29 is 23.3 Å². The number of carbonyl (C=O) groups excluding carboxylic acids is 1. The fourth-order valence-electron chi connectivity index (χ4n) is 0.479. The zero-order chi connectivity index (χ0) is 9.61. The number of hydrogen-bond donors (Lipinski definition) is 2. The molecule has 0 saturated heterocycles. The monoisotopic (exact) mass is 197 g/mol. The van der Waals surface area contributed by atoms with Gasteiger partial charge in [0.2, 0.25) is 5.91 Å². The summed E-state index contributed by atoms with van der Waals surface area (Å²) in [5.74, 6) is -0.469. The van der Waals surface area contributed by atoms with Gasteiger partial charge in [0.1, 0.15) is 0 Å². The molecule has 12 heavy (non-hydrogen) atoms. The lowest BCUT2D eigenvalue weighted by Gasteiger charge is -2.07. The van der Waals surface area contributed by atoms with E-state index >= 15 is 0 Å². The van der Waals surface area contributed by atoms with Crippen LogP contribution in [0.4, 0.5) is 0 Å². The third kappa shape index (κ3) is 6.30. The summed E-state index contributed by atoms with van der Waals surface area (Å²) in [5.41, 5.74) is 4.82. The molecule has 1 atom stereocenters. The number of rotatable bonds is 6. The van der Waals surface area contributed by atoms with Crippen LogP contribution in [-0.4, -0.2) is 24.5 Å². The van der Waals surface area contributed by atoms with Crippen LogP contribution in [0.15, 0.2) is 0 Å². The summed E-state index contributed by atoms with van der Waals surface area (Å²) in [5, 5.41) is 0. The molecule has 0 aromatic carbocycles. The standard InChI is InChI=1S/C5H12NO5P/c1-10-12(8,9)11-4-2-3-5(6)7/h2-4H2,1H3,(H2,6,7)(H,8,9). The second-order valence-electron chi connectivity index (χ2n) is 2.05. The van der Waals surface area contributed by atoms with Gasteiger partial charge in [0.25, 0.3) is 0 Å². The average Bonchev–Trinajstić information content (AvgIpc) is 1.98. The third-order valence-corrected chi connectivity index (χ3v) is 2.02. The van der Waals surface area contributed by atoms with E-state index in [0.29, 0.717) is 6.42 Å². The molecule has 0 saturated carbocycles. The largest absolute Gasteiger partial charge is 0.471 e. The molecule has 0 aliphatic carbocycles. The molecule has 0 aliphatic heterocycles. The van der Waals surface area contributed by atoms with Gasteiger partial charge in [-0.15, -0.1) is 0 Å². The van der Waals surface area contributed by atoms with Crippen molar-refractivity contribution >= 4 is 13.7 Å². The van der Waals surface area contributed by atoms with Gasteiger partial charge in [-0.05, 0) is 6.42 Å². The van der Waals surface area contributed by atoms with Crippen molar-refractivity contribution in [3.63, 3.8) is 0 Å². The molecular formula is C5H12NO5P. The summed E-state index contributed by atoms with van der Waals surface area (Å²) in [6, 6.07) is 0. The highest BCUT2D eigenvalue weighted by Crippen LogP contribution is 2.41. The van der Waals surface area contributed by atoms with E-state index in [-0.39, 0.29) is 13.0 Å². The summed E-state index contributed by atoms with van der Waals surface area (Å²) < 4.78 is 19.1. The number of primary amides is 1. The molecular weight excluding hydrogens is 185 g/mol. The van der Waals surface area contributed by atoms with Crippen molar-refractivity contribution in [3.8, 4) is 0 Å². The van der Waals surface area contributed by atoms with Gasteiger partial charge >= 0.3 is 7.82 Å². The van der Waals surface area contributed by atoms with Gasteiger partial charge in [-0.2, -0.15) is 0 Å². The first-order valence-electron chi connectivity index (χ1n) is 3.29. The zero-order valence-electron chi connectivity index (χ0n) is 6.73. The van der Waals surface area contributed by atoms with E-state index in [4.69, 9.17) is 10.6 Å². The van der Waals surface area contributed by atoms with Crippen LogP contribution in [0.2, 0.25) is 0 Å². The highest BCUT2D eigenvalue weighted by atomic mass is 31.2. The van der Waals surface area contributed by atoms with Crippen molar-refractivity contribution in [1.82, 2.24) is 0 Å². The third-order valence-electron chi connectivity index (χ3n) is 1.05. The fourth-order valence-corrected chi connectivity index (χ4v) is 0.944. The van der Waals surface area contributed by atoms with Crippen LogP contribution in [0.25, 0.3) is 0 Å². The molecule has 0 fully saturated rings. The number of carbonyl (C=O) groups is 1. The molecule has 1 unspecified atom stereocenters. The first kappa shape index (κ1) is 11.6. The Morgan fingerprint density at radius 3 is 2.67 bits per heavy atom. The van der Waals surface area contributed by atoms with E-state index in [1.807, 2.05) is 0 Å². The van der Waals surface area contributed by atoms with Crippen molar-refractivity contribution in [2.45, 2.75) is 12.8 Å². The summed E-state index contributed by atoms with van der Waals surface area (Å²) in [7, 11) is -2.82.